The molecule has 2 aromatic heterocycles. The molecule has 3 heterocycles. The lowest BCUT2D eigenvalue weighted by Gasteiger charge is -2.31. The van der Waals surface area contributed by atoms with Crippen molar-refractivity contribution in [1.82, 2.24) is 14.6 Å². The molecule has 3 rings (SSSR count). The molecule has 0 unspecified atom stereocenters. The molecule has 2 aromatic rings. The van der Waals surface area contributed by atoms with Gasteiger partial charge in [0.15, 0.2) is 5.65 Å². The zero-order chi connectivity index (χ0) is 13.6. The summed E-state index contributed by atoms with van der Waals surface area (Å²) in [6.45, 7) is 2.50. The summed E-state index contributed by atoms with van der Waals surface area (Å²) in [7, 11) is 1.04. The van der Waals surface area contributed by atoms with Gasteiger partial charge in [0.25, 0.3) is 0 Å². The Morgan fingerprint density at radius 2 is 2.37 bits per heavy atom. The summed E-state index contributed by atoms with van der Waals surface area (Å²) in [5.74, 6) is 2.28. The summed E-state index contributed by atoms with van der Waals surface area (Å²) in [6, 6.07) is 0. The highest BCUT2D eigenvalue weighted by atomic mass is 79.9. The average Bonchev–Trinajstić information content (AvgIpc) is 2.77. The van der Waals surface area contributed by atoms with Crippen LogP contribution in [0.4, 0.5) is 5.82 Å². The van der Waals surface area contributed by atoms with Crippen LogP contribution in [0.5, 0.6) is 5.88 Å². The molecule has 19 heavy (non-hydrogen) atoms. The standard InChI is InChI=1S/C10H12BBrN4O2S/c1-11(17)15-3-4-19-7-9(15)14-8-6(12)5-13-16(8)10(7)18-2/h5,17H,3-4H2,1-2H3. The van der Waals surface area contributed by atoms with Crippen LogP contribution in [0.15, 0.2) is 15.6 Å². The van der Waals surface area contributed by atoms with E-state index in [4.69, 9.17) is 4.74 Å². The molecular formula is C10H12BBrN4O2S. The van der Waals surface area contributed by atoms with Crippen molar-refractivity contribution < 1.29 is 9.76 Å². The van der Waals surface area contributed by atoms with E-state index in [0.717, 1.165) is 27.5 Å². The zero-order valence-electron chi connectivity index (χ0n) is 10.5. The third kappa shape index (κ3) is 2.00. The van der Waals surface area contributed by atoms with Gasteiger partial charge < -0.3 is 14.6 Å². The second kappa shape index (κ2) is 4.88. The first-order chi connectivity index (χ1) is 9.13. The summed E-state index contributed by atoms with van der Waals surface area (Å²) < 4.78 is 7.95. The molecule has 1 aliphatic heterocycles. The van der Waals surface area contributed by atoms with E-state index in [1.807, 2.05) is 4.81 Å². The van der Waals surface area contributed by atoms with Gasteiger partial charge in [0.1, 0.15) is 10.7 Å². The van der Waals surface area contributed by atoms with Crippen LogP contribution in [0.1, 0.15) is 0 Å². The molecule has 0 aromatic carbocycles. The maximum absolute atomic E-state index is 9.88. The Bertz CT molecular complexity index is 636. The van der Waals surface area contributed by atoms with Gasteiger partial charge in [-0.15, -0.1) is 11.8 Å². The molecule has 0 saturated carbocycles. The normalized spacial score (nSPS) is 14.6. The number of thioether (sulfide) groups is 1. The molecule has 0 spiro atoms. The highest BCUT2D eigenvalue weighted by molar-refractivity contribution is 9.10. The average molecular weight is 343 g/mol. The highest BCUT2D eigenvalue weighted by Crippen LogP contribution is 2.41. The maximum atomic E-state index is 9.88. The van der Waals surface area contributed by atoms with E-state index in [9.17, 15) is 5.02 Å². The van der Waals surface area contributed by atoms with Crippen molar-refractivity contribution in [3.63, 3.8) is 0 Å². The molecule has 1 aliphatic rings. The first-order valence-electron chi connectivity index (χ1n) is 5.82. The maximum Gasteiger partial charge on any atom is 0.410 e. The molecule has 0 atom stereocenters. The van der Waals surface area contributed by atoms with Crippen LogP contribution in [-0.2, 0) is 0 Å². The molecule has 0 bridgehead atoms. The molecule has 0 saturated heterocycles. The van der Waals surface area contributed by atoms with Crippen molar-refractivity contribution in [2.45, 2.75) is 11.7 Å². The molecule has 6 nitrogen and oxygen atoms in total. The Labute approximate surface area is 123 Å². The van der Waals surface area contributed by atoms with Crippen molar-refractivity contribution in [2.75, 3.05) is 24.2 Å². The first-order valence-corrected chi connectivity index (χ1v) is 7.60. The number of methoxy groups -OCH3 is 1. The summed E-state index contributed by atoms with van der Waals surface area (Å²) in [4.78, 5) is 7.39. The summed E-state index contributed by atoms with van der Waals surface area (Å²) in [6.07, 6.45) is 1.69. The third-order valence-electron chi connectivity index (χ3n) is 3.00. The minimum Gasteiger partial charge on any atom is -0.480 e. The van der Waals surface area contributed by atoms with E-state index in [-0.39, 0.29) is 0 Å². The lowest BCUT2D eigenvalue weighted by atomic mass is 9.85. The van der Waals surface area contributed by atoms with Crippen LogP contribution in [0.3, 0.4) is 0 Å². The minimum absolute atomic E-state index is 0.582. The molecule has 0 amide bonds. The lowest BCUT2D eigenvalue weighted by Crippen LogP contribution is -2.41. The van der Waals surface area contributed by atoms with Gasteiger partial charge in [0.05, 0.1) is 17.8 Å². The second-order valence-electron chi connectivity index (χ2n) is 4.18. The second-order valence-corrected chi connectivity index (χ2v) is 6.13. The Morgan fingerprint density at radius 3 is 3.05 bits per heavy atom. The number of ether oxygens (including phenoxy) is 1. The van der Waals surface area contributed by atoms with Crippen LogP contribution in [0, 0.1) is 0 Å². The first kappa shape index (κ1) is 13.1. The van der Waals surface area contributed by atoms with Gasteiger partial charge in [-0.05, 0) is 22.8 Å². The van der Waals surface area contributed by atoms with E-state index >= 15 is 0 Å². The molecule has 9 heteroatoms. The van der Waals surface area contributed by atoms with E-state index < -0.39 is 7.05 Å². The van der Waals surface area contributed by atoms with E-state index in [0.29, 0.717) is 11.5 Å². The summed E-state index contributed by atoms with van der Waals surface area (Å²) >= 11 is 5.09. The van der Waals surface area contributed by atoms with Gasteiger partial charge in [0, 0.05) is 12.3 Å². The number of rotatable bonds is 2. The van der Waals surface area contributed by atoms with Crippen LogP contribution in [0.2, 0.25) is 6.82 Å². The number of nitrogens with zero attached hydrogens (tertiary/aromatic N) is 4. The van der Waals surface area contributed by atoms with E-state index in [2.05, 4.69) is 26.0 Å². The van der Waals surface area contributed by atoms with Crippen LogP contribution < -0.4 is 9.55 Å². The van der Waals surface area contributed by atoms with Crippen molar-refractivity contribution >= 4 is 46.2 Å². The fraction of sp³-hybridized carbons (Fsp3) is 0.400. The fourth-order valence-electron chi connectivity index (χ4n) is 2.13. The van der Waals surface area contributed by atoms with Crippen molar-refractivity contribution in [3.05, 3.63) is 10.7 Å². The predicted octanol–water partition coefficient (Wildman–Crippen LogP) is 1.52. The van der Waals surface area contributed by atoms with Crippen molar-refractivity contribution in [1.29, 1.82) is 0 Å². The molecule has 100 valence electrons. The van der Waals surface area contributed by atoms with Gasteiger partial charge in [-0.3, -0.25) is 0 Å². The highest BCUT2D eigenvalue weighted by Gasteiger charge is 2.30. The van der Waals surface area contributed by atoms with Crippen LogP contribution in [-0.4, -0.2) is 46.1 Å². The van der Waals surface area contributed by atoms with Gasteiger partial charge in [-0.25, -0.2) is 4.98 Å². The molecule has 0 aliphatic carbocycles. The SMILES string of the molecule is COc1c2c(nc3c(Br)cnn13)N(B(C)O)CCS2. The van der Waals surface area contributed by atoms with Gasteiger partial charge in [-0.1, -0.05) is 0 Å². The van der Waals surface area contributed by atoms with Crippen molar-refractivity contribution in [2.24, 2.45) is 0 Å². The fourth-order valence-corrected chi connectivity index (χ4v) is 3.56. The van der Waals surface area contributed by atoms with E-state index in [1.54, 1.807) is 36.4 Å². The minimum atomic E-state index is -0.582. The molecular weight excluding hydrogens is 331 g/mol. The monoisotopic (exact) mass is 342 g/mol. The number of anilines is 1. The summed E-state index contributed by atoms with van der Waals surface area (Å²) in [5, 5.41) is 14.1. The number of halogens is 1. The van der Waals surface area contributed by atoms with Gasteiger partial charge in [0.2, 0.25) is 5.88 Å². The number of hydrogen-bond acceptors (Lipinski definition) is 6. The molecule has 0 radical (unpaired) electrons. The molecule has 0 fully saturated rings. The Hall–Kier alpha value is -0.925. The van der Waals surface area contributed by atoms with Crippen molar-refractivity contribution in [3.8, 4) is 5.88 Å². The van der Waals surface area contributed by atoms with Gasteiger partial charge >= 0.3 is 7.05 Å². The molecule has 1 N–H and O–H groups in total. The largest absolute Gasteiger partial charge is 0.480 e. The Kier molecular flexibility index (Phi) is 3.36. The van der Waals surface area contributed by atoms with E-state index in [1.165, 1.54) is 0 Å². The van der Waals surface area contributed by atoms with Gasteiger partial charge in [-0.2, -0.15) is 9.61 Å². The van der Waals surface area contributed by atoms with Crippen LogP contribution in [0.25, 0.3) is 5.65 Å². The summed E-state index contributed by atoms with van der Waals surface area (Å²) in [5.41, 5.74) is 0.684. The van der Waals surface area contributed by atoms with Crippen LogP contribution >= 0.6 is 27.7 Å². The topological polar surface area (TPSA) is 62.9 Å². The third-order valence-corrected chi connectivity index (χ3v) is 4.59. The Balaban J connectivity index is 2.30. The lowest BCUT2D eigenvalue weighted by molar-refractivity contribution is 0.373. The zero-order valence-corrected chi connectivity index (χ0v) is 12.9. The predicted molar refractivity (Wildman–Crippen MR) is 79.1 cm³/mol. The Morgan fingerprint density at radius 1 is 1.58 bits per heavy atom. The quantitative estimate of drug-likeness (QED) is 0.835. The number of hydrogen-bond donors (Lipinski definition) is 1. The smallest absolute Gasteiger partial charge is 0.410 e. The number of aromatic nitrogens is 3. The number of fused-ring (bicyclic) bond motifs is 2.